The Hall–Kier alpha value is -2.66. The van der Waals surface area contributed by atoms with Gasteiger partial charge < -0.3 is 9.30 Å². The van der Waals surface area contributed by atoms with Gasteiger partial charge in [-0.25, -0.2) is 4.98 Å². The SMILES string of the molecule is Cc1nc2cc(Oc3cc4ccccc4n(C)c3=O)ccc2s1. The number of fused-ring (bicyclic) bond motifs is 2. The maximum absolute atomic E-state index is 12.5. The molecular weight excluding hydrogens is 308 g/mol. The number of hydrogen-bond acceptors (Lipinski definition) is 4. The predicted octanol–water partition coefficient (Wildman–Crippen LogP) is 4.25. The fraction of sp³-hybridized carbons (Fsp3) is 0.111. The summed E-state index contributed by atoms with van der Waals surface area (Å²) in [5, 5.41) is 1.98. The molecule has 0 spiro atoms. The van der Waals surface area contributed by atoms with Gasteiger partial charge in [0.2, 0.25) is 0 Å². The van der Waals surface area contributed by atoms with Crippen molar-refractivity contribution in [2.24, 2.45) is 7.05 Å². The van der Waals surface area contributed by atoms with Gasteiger partial charge >= 0.3 is 0 Å². The summed E-state index contributed by atoms with van der Waals surface area (Å²) in [4.78, 5) is 16.9. The van der Waals surface area contributed by atoms with Crippen LogP contribution >= 0.6 is 11.3 Å². The minimum absolute atomic E-state index is 0.154. The summed E-state index contributed by atoms with van der Waals surface area (Å²) in [6.07, 6.45) is 0. The lowest BCUT2D eigenvalue weighted by molar-refractivity contribution is 0.472. The van der Waals surface area contributed by atoms with E-state index in [4.69, 9.17) is 4.74 Å². The molecule has 0 atom stereocenters. The number of aryl methyl sites for hydroxylation is 2. The number of para-hydroxylation sites is 1. The Morgan fingerprint density at radius 1 is 1.13 bits per heavy atom. The van der Waals surface area contributed by atoms with Gasteiger partial charge in [-0.3, -0.25) is 4.79 Å². The van der Waals surface area contributed by atoms with Crippen LogP contribution < -0.4 is 10.3 Å². The summed E-state index contributed by atoms with van der Waals surface area (Å²) >= 11 is 1.64. The first-order chi connectivity index (χ1) is 11.1. The molecule has 2 aromatic carbocycles. The quantitative estimate of drug-likeness (QED) is 0.554. The predicted molar refractivity (Wildman–Crippen MR) is 93.6 cm³/mol. The summed E-state index contributed by atoms with van der Waals surface area (Å²) < 4.78 is 8.57. The lowest BCUT2D eigenvalue weighted by Gasteiger charge is -2.10. The fourth-order valence-corrected chi connectivity index (χ4v) is 3.49. The van der Waals surface area contributed by atoms with E-state index >= 15 is 0 Å². The lowest BCUT2D eigenvalue weighted by atomic mass is 10.2. The van der Waals surface area contributed by atoms with E-state index in [1.807, 2.05) is 49.4 Å². The minimum atomic E-state index is -0.154. The zero-order chi connectivity index (χ0) is 16.0. The maximum atomic E-state index is 12.5. The van der Waals surface area contributed by atoms with Crippen molar-refractivity contribution in [2.45, 2.75) is 6.92 Å². The van der Waals surface area contributed by atoms with Crippen LogP contribution in [0.15, 0.2) is 53.3 Å². The maximum Gasteiger partial charge on any atom is 0.293 e. The Morgan fingerprint density at radius 3 is 2.83 bits per heavy atom. The van der Waals surface area contributed by atoms with Crippen molar-refractivity contribution in [2.75, 3.05) is 0 Å². The number of nitrogens with zero attached hydrogens (tertiary/aromatic N) is 2. The van der Waals surface area contributed by atoms with Gasteiger partial charge in [-0.2, -0.15) is 0 Å². The Balaban J connectivity index is 1.82. The summed E-state index contributed by atoms with van der Waals surface area (Å²) in [7, 11) is 1.75. The molecule has 0 unspecified atom stereocenters. The molecule has 0 fully saturated rings. The van der Waals surface area contributed by atoms with Gasteiger partial charge in [-0.1, -0.05) is 18.2 Å². The highest BCUT2D eigenvalue weighted by Crippen LogP contribution is 2.28. The molecule has 5 heteroatoms. The number of thiazole rings is 1. The highest BCUT2D eigenvalue weighted by Gasteiger charge is 2.10. The van der Waals surface area contributed by atoms with Crippen LogP contribution in [0.2, 0.25) is 0 Å². The molecule has 23 heavy (non-hydrogen) atoms. The van der Waals surface area contributed by atoms with Crippen molar-refractivity contribution in [1.29, 1.82) is 0 Å². The molecule has 0 amide bonds. The normalized spacial score (nSPS) is 11.2. The molecule has 0 aliphatic heterocycles. The third-order valence-electron chi connectivity index (χ3n) is 3.79. The first kappa shape index (κ1) is 14.0. The molecule has 4 rings (SSSR count). The number of ether oxygens (including phenoxy) is 1. The molecule has 2 aromatic heterocycles. The van der Waals surface area contributed by atoms with Gasteiger partial charge in [0.05, 0.1) is 20.7 Å². The van der Waals surface area contributed by atoms with Crippen LogP contribution in [0.25, 0.3) is 21.1 Å². The number of benzene rings is 2. The molecule has 2 heterocycles. The van der Waals surface area contributed by atoms with E-state index < -0.39 is 0 Å². The average Bonchev–Trinajstić information content (AvgIpc) is 2.92. The first-order valence-electron chi connectivity index (χ1n) is 7.25. The number of rotatable bonds is 2. The molecule has 0 bridgehead atoms. The molecule has 0 saturated carbocycles. The van der Waals surface area contributed by atoms with Crippen LogP contribution in [-0.4, -0.2) is 9.55 Å². The highest BCUT2D eigenvalue weighted by atomic mass is 32.1. The first-order valence-corrected chi connectivity index (χ1v) is 8.07. The molecule has 4 aromatic rings. The molecule has 0 N–H and O–H groups in total. The smallest absolute Gasteiger partial charge is 0.293 e. The molecule has 0 aliphatic carbocycles. The monoisotopic (exact) mass is 322 g/mol. The average molecular weight is 322 g/mol. The van der Waals surface area contributed by atoms with Crippen LogP contribution in [-0.2, 0) is 7.05 Å². The van der Waals surface area contributed by atoms with Gasteiger partial charge in [-0.05, 0) is 31.2 Å². The second kappa shape index (κ2) is 5.21. The number of aromatic nitrogens is 2. The molecular formula is C18H14N2O2S. The van der Waals surface area contributed by atoms with Gasteiger partial charge in [0.1, 0.15) is 5.75 Å². The molecule has 0 saturated heterocycles. The second-order valence-corrected chi connectivity index (χ2v) is 6.63. The van der Waals surface area contributed by atoms with Crippen LogP contribution in [0.5, 0.6) is 11.5 Å². The van der Waals surface area contributed by atoms with Crippen LogP contribution in [0.4, 0.5) is 0 Å². The van der Waals surface area contributed by atoms with E-state index in [1.54, 1.807) is 29.0 Å². The Labute approximate surface area is 136 Å². The van der Waals surface area contributed by atoms with E-state index in [0.717, 1.165) is 26.1 Å². The van der Waals surface area contributed by atoms with E-state index in [2.05, 4.69) is 4.98 Å². The third-order valence-corrected chi connectivity index (χ3v) is 4.75. The fourth-order valence-electron chi connectivity index (χ4n) is 2.68. The van der Waals surface area contributed by atoms with E-state index in [9.17, 15) is 4.79 Å². The van der Waals surface area contributed by atoms with Crippen LogP contribution in [0.3, 0.4) is 0 Å². The van der Waals surface area contributed by atoms with E-state index in [-0.39, 0.29) is 5.56 Å². The van der Waals surface area contributed by atoms with Crippen molar-refractivity contribution in [3.63, 3.8) is 0 Å². The van der Waals surface area contributed by atoms with E-state index in [0.29, 0.717) is 11.5 Å². The van der Waals surface area contributed by atoms with Crippen molar-refractivity contribution in [1.82, 2.24) is 9.55 Å². The van der Waals surface area contributed by atoms with Gasteiger partial charge in [0, 0.05) is 18.5 Å². The summed E-state index contributed by atoms with van der Waals surface area (Å²) in [5.41, 5.74) is 1.62. The largest absolute Gasteiger partial charge is 0.451 e. The summed E-state index contributed by atoms with van der Waals surface area (Å²) in [5.74, 6) is 0.938. The molecule has 0 radical (unpaired) electrons. The summed E-state index contributed by atoms with van der Waals surface area (Å²) in [6.45, 7) is 1.98. The second-order valence-electron chi connectivity index (χ2n) is 5.40. The van der Waals surface area contributed by atoms with Crippen molar-refractivity contribution in [3.05, 3.63) is 63.9 Å². The molecule has 0 aliphatic rings. The Kier molecular flexibility index (Phi) is 3.16. The van der Waals surface area contributed by atoms with Crippen LogP contribution in [0, 0.1) is 6.92 Å². The zero-order valence-corrected chi connectivity index (χ0v) is 13.6. The molecule has 4 nitrogen and oxygen atoms in total. The topological polar surface area (TPSA) is 44.1 Å². The Morgan fingerprint density at radius 2 is 1.96 bits per heavy atom. The lowest BCUT2D eigenvalue weighted by Crippen LogP contribution is -2.18. The zero-order valence-electron chi connectivity index (χ0n) is 12.7. The van der Waals surface area contributed by atoms with E-state index in [1.165, 1.54) is 0 Å². The Bertz CT molecular complexity index is 1100. The van der Waals surface area contributed by atoms with Crippen molar-refractivity contribution < 1.29 is 4.74 Å². The van der Waals surface area contributed by atoms with Crippen LogP contribution in [0.1, 0.15) is 5.01 Å². The minimum Gasteiger partial charge on any atom is -0.451 e. The number of pyridine rings is 1. The molecule has 114 valence electrons. The van der Waals surface area contributed by atoms with Gasteiger partial charge in [0.25, 0.3) is 5.56 Å². The van der Waals surface area contributed by atoms with Crippen molar-refractivity contribution in [3.8, 4) is 11.5 Å². The standard InChI is InChI=1S/C18H14N2O2S/c1-11-19-14-10-13(7-8-17(14)23-11)22-16-9-12-5-3-4-6-15(12)20(2)18(16)21/h3-10H,1-2H3. The number of hydrogen-bond donors (Lipinski definition) is 0. The van der Waals surface area contributed by atoms with Crippen molar-refractivity contribution >= 4 is 32.5 Å². The third kappa shape index (κ3) is 2.39. The van der Waals surface area contributed by atoms with Gasteiger partial charge in [-0.15, -0.1) is 11.3 Å². The highest BCUT2D eigenvalue weighted by molar-refractivity contribution is 7.18. The summed E-state index contributed by atoms with van der Waals surface area (Å²) in [6, 6.07) is 15.2. The van der Waals surface area contributed by atoms with Gasteiger partial charge in [0.15, 0.2) is 5.75 Å².